The summed E-state index contributed by atoms with van der Waals surface area (Å²) in [6, 6.07) is 2.84. The van der Waals surface area contributed by atoms with Gasteiger partial charge in [-0.1, -0.05) is 18.0 Å². The summed E-state index contributed by atoms with van der Waals surface area (Å²) >= 11 is 5.96. The van der Waals surface area contributed by atoms with Crippen LogP contribution >= 0.6 is 11.6 Å². The zero-order valence-corrected chi connectivity index (χ0v) is 10.4. The van der Waals surface area contributed by atoms with Gasteiger partial charge in [-0.2, -0.15) is 0 Å². The lowest BCUT2D eigenvalue weighted by atomic mass is 9.99. The monoisotopic (exact) mass is 252 g/mol. The molecule has 2 aliphatic carbocycles. The number of aryl methyl sites for hydroxylation is 1. The van der Waals surface area contributed by atoms with Gasteiger partial charge >= 0.3 is 0 Å². The maximum absolute atomic E-state index is 13.3. The molecule has 0 N–H and O–H groups in total. The molecule has 3 heteroatoms. The van der Waals surface area contributed by atoms with Gasteiger partial charge in [0, 0.05) is 11.5 Å². The van der Waals surface area contributed by atoms with Crippen molar-refractivity contribution in [2.24, 2.45) is 17.8 Å². The highest BCUT2D eigenvalue weighted by Gasteiger charge is 2.56. The molecule has 0 aliphatic heterocycles. The Hall–Kier alpha value is -0.890. The van der Waals surface area contributed by atoms with Gasteiger partial charge in [0.1, 0.15) is 5.82 Å². The van der Waals surface area contributed by atoms with Gasteiger partial charge in [0.2, 0.25) is 0 Å². The van der Waals surface area contributed by atoms with Crippen molar-refractivity contribution in [3.8, 4) is 0 Å². The minimum atomic E-state index is -0.345. The van der Waals surface area contributed by atoms with Crippen LogP contribution in [0.3, 0.4) is 0 Å². The maximum Gasteiger partial charge on any atom is 0.168 e. The summed E-state index contributed by atoms with van der Waals surface area (Å²) < 4.78 is 13.3. The Bertz CT molecular complexity index is 487. The van der Waals surface area contributed by atoms with Crippen molar-refractivity contribution in [1.82, 2.24) is 0 Å². The van der Waals surface area contributed by atoms with Crippen molar-refractivity contribution >= 4 is 17.4 Å². The first-order valence-corrected chi connectivity index (χ1v) is 6.47. The quantitative estimate of drug-likeness (QED) is 0.727. The summed E-state index contributed by atoms with van der Waals surface area (Å²) in [7, 11) is 0. The van der Waals surface area contributed by atoms with Gasteiger partial charge in [-0.25, -0.2) is 4.39 Å². The minimum Gasteiger partial charge on any atom is -0.294 e. The van der Waals surface area contributed by atoms with Crippen LogP contribution in [0.5, 0.6) is 0 Å². The largest absolute Gasteiger partial charge is 0.294 e. The van der Waals surface area contributed by atoms with Gasteiger partial charge in [-0.3, -0.25) is 4.79 Å². The molecule has 0 radical (unpaired) electrons. The Balaban J connectivity index is 1.89. The Morgan fingerprint density at radius 2 is 2.00 bits per heavy atom. The number of ketones is 1. The maximum atomic E-state index is 13.3. The van der Waals surface area contributed by atoms with E-state index in [4.69, 9.17) is 11.6 Å². The first kappa shape index (κ1) is 11.2. The fourth-order valence-corrected chi connectivity index (χ4v) is 3.48. The zero-order chi connectivity index (χ0) is 12.2. The summed E-state index contributed by atoms with van der Waals surface area (Å²) in [6.07, 6.45) is 3.58. The van der Waals surface area contributed by atoms with E-state index in [0.29, 0.717) is 23.0 Å². The van der Waals surface area contributed by atoms with E-state index < -0.39 is 0 Å². The first-order valence-electron chi connectivity index (χ1n) is 6.09. The molecule has 2 fully saturated rings. The SMILES string of the molecule is Cc1cc(C(=O)C2C3CCCC32)c(Cl)cc1F. The van der Waals surface area contributed by atoms with E-state index in [1.54, 1.807) is 13.0 Å². The van der Waals surface area contributed by atoms with Gasteiger partial charge < -0.3 is 0 Å². The molecule has 1 nitrogen and oxygen atoms in total. The highest BCUT2D eigenvalue weighted by Crippen LogP contribution is 2.58. The number of benzene rings is 1. The lowest BCUT2D eigenvalue weighted by Gasteiger charge is -2.07. The fourth-order valence-electron chi connectivity index (χ4n) is 3.24. The summed E-state index contributed by atoms with van der Waals surface area (Å²) in [6.45, 7) is 1.66. The predicted octanol–water partition coefficient (Wildman–Crippen LogP) is 4.02. The molecular weight excluding hydrogens is 239 g/mol. The van der Waals surface area contributed by atoms with Crippen molar-refractivity contribution < 1.29 is 9.18 Å². The number of fused-ring (bicyclic) bond motifs is 1. The molecule has 90 valence electrons. The Morgan fingerprint density at radius 3 is 2.65 bits per heavy atom. The van der Waals surface area contributed by atoms with Crippen LogP contribution in [0.1, 0.15) is 35.2 Å². The summed E-state index contributed by atoms with van der Waals surface area (Å²) in [5.41, 5.74) is 0.994. The van der Waals surface area contributed by atoms with E-state index in [1.807, 2.05) is 0 Å². The number of hydrogen-bond donors (Lipinski definition) is 0. The molecule has 0 aromatic heterocycles. The first-order chi connectivity index (χ1) is 8.09. The third-order valence-electron chi connectivity index (χ3n) is 4.22. The minimum absolute atomic E-state index is 0.118. The highest BCUT2D eigenvalue weighted by atomic mass is 35.5. The van der Waals surface area contributed by atoms with Gasteiger partial charge in [0.05, 0.1) is 5.02 Å². The van der Waals surface area contributed by atoms with Crippen LogP contribution in [0.15, 0.2) is 12.1 Å². The molecule has 0 saturated heterocycles. The number of rotatable bonds is 2. The van der Waals surface area contributed by atoms with E-state index in [1.165, 1.54) is 25.3 Å². The number of halogens is 2. The Kier molecular flexibility index (Phi) is 2.51. The van der Waals surface area contributed by atoms with Crippen LogP contribution in [-0.4, -0.2) is 5.78 Å². The van der Waals surface area contributed by atoms with Crippen LogP contribution < -0.4 is 0 Å². The smallest absolute Gasteiger partial charge is 0.168 e. The number of hydrogen-bond acceptors (Lipinski definition) is 1. The van der Waals surface area contributed by atoms with E-state index in [2.05, 4.69) is 0 Å². The van der Waals surface area contributed by atoms with Crippen molar-refractivity contribution in [3.05, 3.63) is 34.1 Å². The average molecular weight is 253 g/mol. The Labute approximate surface area is 105 Å². The van der Waals surface area contributed by atoms with Crippen LogP contribution in [0.2, 0.25) is 5.02 Å². The van der Waals surface area contributed by atoms with Gasteiger partial charge in [-0.05, 0) is 49.3 Å². The second-order valence-corrected chi connectivity index (χ2v) is 5.64. The second-order valence-electron chi connectivity index (χ2n) is 5.23. The molecule has 2 unspecified atom stereocenters. The van der Waals surface area contributed by atoms with Crippen LogP contribution in [0.4, 0.5) is 4.39 Å². The van der Waals surface area contributed by atoms with E-state index in [-0.39, 0.29) is 22.5 Å². The standard InChI is InChI=1S/C14H14ClFO/c1-7-5-10(11(15)6-12(7)16)14(17)13-8-3-2-4-9(8)13/h5-6,8-9,13H,2-4H2,1H3. The molecule has 0 heterocycles. The number of carbonyl (C=O) groups excluding carboxylic acids is 1. The number of Topliss-reactive ketones (excluding diaryl/α,β-unsaturated/α-hetero) is 1. The van der Waals surface area contributed by atoms with Crippen molar-refractivity contribution in [3.63, 3.8) is 0 Å². The Morgan fingerprint density at radius 1 is 1.35 bits per heavy atom. The predicted molar refractivity (Wildman–Crippen MR) is 64.8 cm³/mol. The molecule has 1 aromatic rings. The molecule has 2 atom stereocenters. The average Bonchev–Trinajstić information content (AvgIpc) is 2.76. The summed E-state index contributed by atoms with van der Waals surface area (Å²) in [5.74, 6) is 1.08. The molecule has 3 rings (SSSR count). The van der Waals surface area contributed by atoms with Crippen molar-refractivity contribution in [1.29, 1.82) is 0 Å². The lowest BCUT2D eigenvalue weighted by Crippen LogP contribution is -2.08. The molecule has 0 amide bonds. The van der Waals surface area contributed by atoms with Crippen molar-refractivity contribution in [2.75, 3.05) is 0 Å². The third-order valence-corrected chi connectivity index (χ3v) is 4.54. The molecule has 1 aromatic carbocycles. The molecule has 2 aliphatic rings. The van der Waals surface area contributed by atoms with Crippen molar-refractivity contribution in [2.45, 2.75) is 26.2 Å². The normalized spacial score (nSPS) is 30.2. The summed E-state index contributed by atoms with van der Waals surface area (Å²) in [5, 5.41) is 0.253. The fraction of sp³-hybridized carbons (Fsp3) is 0.500. The van der Waals surface area contributed by atoms with Crippen LogP contribution in [-0.2, 0) is 0 Å². The van der Waals surface area contributed by atoms with Gasteiger partial charge in [0.25, 0.3) is 0 Å². The summed E-state index contributed by atoms with van der Waals surface area (Å²) in [4.78, 5) is 12.3. The van der Waals surface area contributed by atoms with Crippen LogP contribution in [0.25, 0.3) is 0 Å². The van der Waals surface area contributed by atoms with Gasteiger partial charge in [0.15, 0.2) is 5.78 Å². The van der Waals surface area contributed by atoms with E-state index in [9.17, 15) is 9.18 Å². The molecule has 0 spiro atoms. The van der Waals surface area contributed by atoms with Gasteiger partial charge in [-0.15, -0.1) is 0 Å². The number of carbonyl (C=O) groups is 1. The molecule has 0 bridgehead atoms. The van der Waals surface area contributed by atoms with E-state index in [0.717, 1.165) is 0 Å². The van der Waals surface area contributed by atoms with Crippen LogP contribution in [0, 0.1) is 30.5 Å². The highest BCUT2D eigenvalue weighted by molar-refractivity contribution is 6.34. The lowest BCUT2D eigenvalue weighted by molar-refractivity contribution is 0.0951. The topological polar surface area (TPSA) is 17.1 Å². The zero-order valence-electron chi connectivity index (χ0n) is 9.67. The van der Waals surface area contributed by atoms with E-state index >= 15 is 0 Å². The molecule has 17 heavy (non-hydrogen) atoms. The third kappa shape index (κ3) is 1.70. The molecular formula is C14H14ClFO. The second kappa shape index (κ2) is 3.81. The molecule has 2 saturated carbocycles.